The van der Waals surface area contributed by atoms with E-state index in [2.05, 4.69) is 40.3 Å². The Bertz CT molecular complexity index is 866. The van der Waals surface area contributed by atoms with E-state index in [0.29, 0.717) is 22.8 Å². The fourth-order valence-electron chi connectivity index (χ4n) is 2.61. The number of benzene rings is 2. The summed E-state index contributed by atoms with van der Waals surface area (Å²) in [5.41, 5.74) is 5.23. The van der Waals surface area contributed by atoms with Crippen LogP contribution in [-0.4, -0.2) is 32.9 Å². The Kier molecular flexibility index (Phi) is 7.87. The minimum absolute atomic E-state index is 0.132. The predicted octanol–water partition coefficient (Wildman–Crippen LogP) is 4.43. The van der Waals surface area contributed by atoms with Gasteiger partial charge in [-0.25, -0.2) is 5.43 Å². The molecule has 2 aromatic rings. The van der Waals surface area contributed by atoms with Crippen molar-refractivity contribution in [2.24, 2.45) is 5.10 Å². The van der Waals surface area contributed by atoms with Gasteiger partial charge >= 0.3 is 0 Å². The van der Waals surface area contributed by atoms with Gasteiger partial charge in [0.1, 0.15) is 5.75 Å². The Morgan fingerprint density at radius 2 is 1.96 bits per heavy atom. The maximum Gasteiger partial charge on any atom is 0.277 e. The normalized spacial score (nSPS) is 11.0. The molecule has 0 atom stereocenters. The maximum absolute atomic E-state index is 12.1. The Morgan fingerprint density at radius 1 is 1.21 bits per heavy atom. The SMILES string of the molecule is COc1cccc(/C=N/NC(=O)COc2cc(C)c(Br)cc2C(C)C)c1OC. The fraction of sp³-hybridized carbons (Fsp3) is 0.333. The summed E-state index contributed by atoms with van der Waals surface area (Å²) in [6, 6.07) is 9.37. The monoisotopic (exact) mass is 448 g/mol. The zero-order valence-electron chi connectivity index (χ0n) is 16.7. The van der Waals surface area contributed by atoms with Gasteiger partial charge in [-0.15, -0.1) is 0 Å². The molecule has 28 heavy (non-hydrogen) atoms. The summed E-state index contributed by atoms with van der Waals surface area (Å²) in [6.45, 7) is 6.01. The Hall–Kier alpha value is -2.54. The highest BCUT2D eigenvalue weighted by Gasteiger charge is 2.12. The Morgan fingerprint density at radius 3 is 2.61 bits per heavy atom. The molecule has 0 radical (unpaired) electrons. The van der Waals surface area contributed by atoms with Crippen molar-refractivity contribution < 1.29 is 19.0 Å². The molecule has 0 spiro atoms. The minimum atomic E-state index is -0.353. The lowest BCUT2D eigenvalue weighted by Gasteiger charge is -2.15. The summed E-state index contributed by atoms with van der Waals surface area (Å²) in [5.74, 6) is 1.75. The van der Waals surface area contributed by atoms with Gasteiger partial charge in [0.05, 0.1) is 20.4 Å². The molecule has 0 aliphatic heterocycles. The highest BCUT2D eigenvalue weighted by Crippen LogP contribution is 2.32. The number of nitrogens with one attached hydrogen (secondary N) is 1. The number of halogens is 1. The Balaban J connectivity index is 2.01. The van der Waals surface area contributed by atoms with Crippen LogP contribution in [-0.2, 0) is 4.79 Å². The van der Waals surface area contributed by atoms with Gasteiger partial charge in [-0.3, -0.25) is 4.79 Å². The van der Waals surface area contributed by atoms with E-state index in [4.69, 9.17) is 14.2 Å². The number of para-hydroxylation sites is 1. The van der Waals surface area contributed by atoms with Gasteiger partial charge in [-0.2, -0.15) is 5.10 Å². The molecule has 0 aromatic heterocycles. The topological polar surface area (TPSA) is 69.2 Å². The largest absolute Gasteiger partial charge is 0.493 e. The lowest BCUT2D eigenvalue weighted by Crippen LogP contribution is -2.25. The van der Waals surface area contributed by atoms with Crippen LogP contribution in [0.15, 0.2) is 39.9 Å². The molecule has 0 unspecified atom stereocenters. The molecule has 150 valence electrons. The van der Waals surface area contributed by atoms with Gasteiger partial charge in [-0.05, 0) is 48.2 Å². The number of ether oxygens (including phenoxy) is 3. The van der Waals surface area contributed by atoms with Gasteiger partial charge in [-0.1, -0.05) is 35.8 Å². The van der Waals surface area contributed by atoms with Crippen molar-refractivity contribution in [3.63, 3.8) is 0 Å². The number of aryl methyl sites for hydroxylation is 1. The van der Waals surface area contributed by atoms with Crippen molar-refractivity contribution >= 4 is 28.1 Å². The molecule has 6 nitrogen and oxygen atoms in total. The molecule has 1 N–H and O–H groups in total. The first kappa shape index (κ1) is 21.8. The van der Waals surface area contributed by atoms with Crippen LogP contribution in [0.1, 0.15) is 36.5 Å². The van der Waals surface area contributed by atoms with Crippen LogP contribution in [0, 0.1) is 6.92 Å². The van der Waals surface area contributed by atoms with Crippen LogP contribution in [0.2, 0.25) is 0 Å². The van der Waals surface area contributed by atoms with Crippen LogP contribution in [0.3, 0.4) is 0 Å². The number of rotatable bonds is 8. The van der Waals surface area contributed by atoms with Crippen molar-refractivity contribution in [3.8, 4) is 17.2 Å². The second-order valence-electron chi connectivity index (χ2n) is 6.46. The van der Waals surface area contributed by atoms with Crippen LogP contribution in [0.5, 0.6) is 17.2 Å². The number of carbonyl (C=O) groups is 1. The second kappa shape index (κ2) is 10.1. The van der Waals surface area contributed by atoms with Crippen molar-refractivity contribution in [3.05, 3.63) is 51.5 Å². The van der Waals surface area contributed by atoms with Gasteiger partial charge in [0.25, 0.3) is 5.91 Å². The average molecular weight is 449 g/mol. The third kappa shape index (κ3) is 5.48. The summed E-state index contributed by atoms with van der Waals surface area (Å²) < 4.78 is 17.3. The average Bonchev–Trinajstić information content (AvgIpc) is 2.67. The summed E-state index contributed by atoms with van der Waals surface area (Å²) in [6.07, 6.45) is 1.50. The molecule has 2 aromatic carbocycles. The highest BCUT2D eigenvalue weighted by molar-refractivity contribution is 9.10. The number of hydrogen-bond donors (Lipinski definition) is 1. The fourth-order valence-corrected chi connectivity index (χ4v) is 2.97. The van der Waals surface area contributed by atoms with Crippen LogP contribution in [0.4, 0.5) is 0 Å². The highest BCUT2D eigenvalue weighted by atomic mass is 79.9. The minimum Gasteiger partial charge on any atom is -0.493 e. The van der Waals surface area contributed by atoms with Crippen molar-refractivity contribution in [2.45, 2.75) is 26.7 Å². The van der Waals surface area contributed by atoms with Gasteiger partial charge < -0.3 is 14.2 Å². The van der Waals surface area contributed by atoms with Crippen LogP contribution in [0.25, 0.3) is 0 Å². The number of methoxy groups -OCH3 is 2. The number of carbonyl (C=O) groups excluding carboxylic acids is 1. The zero-order valence-corrected chi connectivity index (χ0v) is 18.3. The third-order valence-corrected chi connectivity index (χ3v) is 4.95. The zero-order chi connectivity index (χ0) is 20.7. The molecule has 0 bridgehead atoms. The van der Waals surface area contributed by atoms with E-state index in [1.807, 2.05) is 31.2 Å². The number of amides is 1. The molecule has 0 saturated carbocycles. The maximum atomic E-state index is 12.1. The van der Waals surface area contributed by atoms with E-state index in [0.717, 1.165) is 15.6 Å². The van der Waals surface area contributed by atoms with Crippen LogP contribution >= 0.6 is 15.9 Å². The van der Waals surface area contributed by atoms with E-state index in [9.17, 15) is 4.79 Å². The first-order chi connectivity index (χ1) is 13.4. The first-order valence-electron chi connectivity index (χ1n) is 8.83. The lowest BCUT2D eigenvalue weighted by atomic mass is 10.0. The third-order valence-electron chi connectivity index (χ3n) is 4.10. The first-order valence-corrected chi connectivity index (χ1v) is 9.62. The summed E-state index contributed by atoms with van der Waals surface area (Å²) in [5, 5.41) is 3.98. The van der Waals surface area contributed by atoms with E-state index in [-0.39, 0.29) is 18.4 Å². The predicted molar refractivity (Wildman–Crippen MR) is 114 cm³/mol. The quantitative estimate of drug-likeness (QED) is 0.478. The van der Waals surface area contributed by atoms with E-state index < -0.39 is 0 Å². The second-order valence-corrected chi connectivity index (χ2v) is 7.31. The van der Waals surface area contributed by atoms with Gasteiger partial charge in [0.2, 0.25) is 0 Å². The van der Waals surface area contributed by atoms with Crippen molar-refractivity contribution in [1.82, 2.24) is 5.43 Å². The standard InChI is InChI=1S/C21H25BrN2O4/c1-13(2)16-10-17(22)14(3)9-19(16)28-12-20(25)24-23-11-15-7-6-8-18(26-4)21(15)27-5/h6-11,13H,12H2,1-5H3,(H,24,25)/b23-11+. The summed E-state index contributed by atoms with van der Waals surface area (Å²) >= 11 is 3.53. The molecule has 0 saturated heterocycles. The molecule has 0 aliphatic carbocycles. The molecular weight excluding hydrogens is 424 g/mol. The molecule has 2 rings (SSSR count). The Labute approximate surface area is 174 Å². The van der Waals surface area contributed by atoms with Gasteiger partial charge in [0, 0.05) is 10.0 Å². The van der Waals surface area contributed by atoms with Crippen LogP contribution < -0.4 is 19.6 Å². The van der Waals surface area contributed by atoms with E-state index >= 15 is 0 Å². The smallest absolute Gasteiger partial charge is 0.277 e. The number of nitrogens with zero attached hydrogens (tertiary/aromatic N) is 1. The van der Waals surface area contributed by atoms with E-state index in [1.54, 1.807) is 20.3 Å². The lowest BCUT2D eigenvalue weighted by molar-refractivity contribution is -0.123. The van der Waals surface area contributed by atoms with Crippen molar-refractivity contribution in [1.29, 1.82) is 0 Å². The van der Waals surface area contributed by atoms with E-state index in [1.165, 1.54) is 6.21 Å². The molecule has 0 aliphatic rings. The summed E-state index contributed by atoms with van der Waals surface area (Å²) in [4.78, 5) is 12.1. The van der Waals surface area contributed by atoms with Crippen molar-refractivity contribution in [2.75, 3.05) is 20.8 Å². The molecule has 0 fully saturated rings. The molecule has 7 heteroatoms. The number of hydrogen-bond acceptors (Lipinski definition) is 5. The molecular formula is C21H25BrN2O4. The molecule has 1 amide bonds. The summed E-state index contributed by atoms with van der Waals surface area (Å²) in [7, 11) is 3.11. The number of hydrazone groups is 1. The molecule has 0 heterocycles. The van der Waals surface area contributed by atoms with Gasteiger partial charge in [0.15, 0.2) is 18.1 Å².